The predicted molar refractivity (Wildman–Crippen MR) is 118 cm³/mol. The average Bonchev–Trinajstić information content (AvgIpc) is 3.15. The maximum Gasteiger partial charge on any atom is 0.293 e. The molecule has 3 aromatic rings. The number of guanidine groups is 1. The molecule has 1 amide bonds. The van der Waals surface area contributed by atoms with Gasteiger partial charge in [0.1, 0.15) is 6.54 Å². The number of anilines is 1. The molecular formula is C20H26N8O3. The number of aryl methyl sites for hydroxylation is 1. The van der Waals surface area contributed by atoms with Gasteiger partial charge in [0.15, 0.2) is 5.82 Å². The first-order valence-electron chi connectivity index (χ1n) is 9.79. The number of rotatable bonds is 10. The first kappa shape index (κ1) is 21.8. The van der Waals surface area contributed by atoms with E-state index in [1.807, 2.05) is 24.4 Å². The quantitative estimate of drug-likeness (QED) is 0.117. The Morgan fingerprint density at radius 2 is 2.13 bits per heavy atom. The van der Waals surface area contributed by atoms with E-state index in [4.69, 9.17) is 16.0 Å². The van der Waals surface area contributed by atoms with Gasteiger partial charge in [-0.25, -0.2) is 10.5 Å². The van der Waals surface area contributed by atoms with Crippen molar-refractivity contribution in [2.45, 2.75) is 19.9 Å². The molecule has 2 heterocycles. The minimum atomic E-state index is -0.358. The second-order valence-electron chi connectivity index (χ2n) is 6.89. The van der Waals surface area contributed by atoms with Crippen molar-refractivity contribution in [1.29, 1.82) is 5.41 Å². The number of carbonyl (C=O) groups excluding carboxylic acids is 1. The topological polar surface area (TPSA) is 163 Å². The van der Waals surface area contributed by atoms with Crippen molar-refractivity contribution in [3.63, 3.8) is 0 Å². The Bertz CT molecular complexity index is 1120. The summed E-state index contributed by atoms with van der Waals surface area (Å²) in [6.07, 6.45) is 4.24. The van der Waals surface area contributed by atoms with Gasteiger partial charge in [-0.05, 0) is 25.0 Å². The predicted octanol–water partition coefficient (Wildman–Crippen LogP) is 0.218. The van der Waals surface area contributed by atoms with E-state index in [0.29, 0.717) is 18.7 Å². The highest BCUT2D eigenvalue weighted by Crippen LogP contribution is 2.17. The van der Waals surface area contributed by atoms with E-state index in [1.54, 1.807) is 13.1 Å². The van der Waals surface area contributed by atoms with Crippen LogP contribution in [0.15, 0.2) is 41.5 Å². The van der Waals surface area contributed by atoms with Crippen LogP contribution in [0.3, 0.4) is 0 Å². The summed E-state index contributed by atoms with van der Waals surface area (Å²) in [6.45, 7) is 2.44. The van der Waals surface area contributed by atoms with Crippen molar-refractivity contribution in [2.75, 3.05) is 25.0 Å². The Labute approximate surface area is 178 Å². The van der Waals surface area contributed by atoms with Crippen LogP contribution in [0.1, 0.15) is 11.3 Å². The van der Waals surface area contributed by atoms with E-state index < -0.39 is 0 Å². The fraction of sp³-hybridized carbons (Fsp3) is 0.300. The Kier molecular flexibility index (Phi) is 7.22. The van der Waals surface area contributed by atoms with Crippen molar-refractivity contribution in [3.8, 4) is 0 Å². The molecule has 0 fully saturated rings. The van der Waals surface area contributed by atoms with Gasteiger partial charge in [-0.3, -0.25) is 24.4 Å². The fourth-order valence-corrected chi connectivity index (χ4v) is 3.11. The van der Waals surface area contributed by atoms with Gasteiger partial charge >= 0.3 is 0 Å². The molecule has 7 N–H and O–H groups in total. The summed E-state index contributed by atoms with van der Waals surface area (Å²) in [5.74, 6) is -0.463. The van der Waals surface area contributed by atoms with Crippen LogP contribution in [-0.4, -0.2) is 46.1 Å². The second-order valence-corrected chi connectivity index (χ2v) is 6.89. The number of amides is 1. The molecule has 11 nitrogen and oxygen atoms in total. The van der Waals surface area contributed by atoms with Crippen molar-refractivity contribution in [2.24, 2.45) is 5.73 Å². The molecule has 0 radical (unpaired) electrons. The number of H-pyrrole nitrogens is 1. The van der Waals surface area contributed by atoms with Gasteiger partial charge in [-0.2, -0.15) is 0 Å². The summed E-state index contributed by atoms with van der Waals surface area (Å²) in [7, 11) is 0. The van der Waals surface area contributed by atoms with Gasteiger partial charge in [0.05, 0.1) is 6.61 Å². The van der Waals surface area contributed by atoms with Gasteiger partial charge in [-0.15, -0.1) is 0 Å². The lowest BCUT2D eigenvalue weighted by Crippen LogP contribution is -2.37. The molecule has 0 aliphatic carbocycles. The Balaban J connectivity index is 1.55. The van der Waals surface area contributed by atoms with Crippen LogP contribution in [0.4, 0.5) is 5.82 Å². The largest absolute Gasteiger partial charge is 0.368 e. The van der Waals surface area contributed by atoms with Crippen LogP contribution in [0.2, 0.25) is 0 Å². The van der Waals surface area contributed by atoms with Crippen molar-refractivity contribution in [1.82, 2.24) is 25.3 Å². The number of carbonyl (C=O) groups is 1. The van der Waals surface area contributed by atoms with E-state index >= 15 is 0 Å². The number of para-hydroxylation sites is 1. The van der Waals surface area contributed by atoms with Crippen LogP contribution in [0, 0.1) is 12.3 Å². The molecule has 0 aliphatic rings. The number of nitrogens with one attached hydrogen (secondary N) is 5. The minimum absolute atomic E-state index is 0.121. The van der Waals surface area contributed by atoms with Crippen molar-refractivity contribution >= 4 is 28.6 Å². The van der Waals surface area contributed by atoms with E-state index in [-0.39, 0.29) is 42.9 Å². The third-order valence-electron chi connectivity index (χ3n) is 4.63. The summed E-state index contributed by atoms with van der Waals surface area (Å²) in [5.41, 5.74) is 9.69. The van der Waals surface area contributed by atoms with Gasteiger partial charge in [0, 0.05) is 42.1 Å². The third kappa shape index (κ3) is 5.82. The number of hydrogen-bond donors (Lipinski definition) is 6. The summed E-state index contributed by atoms with van der Waals surface area (Å²) in [4.78, 5) is 37.2. The summed E-state index contributed by atoms with van der Waals surface area (Å²) >= 11 is 0. The number of fused-ring (bicyclic) bond motifs is 1. The molecule has 0 spiro atoms. The van der Waals surface area contributed by atoms with E-state index in [9.17, 15) is 9.59 Å². The zero-order valence-electron chi connectivity index (χ0n) is 17.2. The Morgan fingerprint density at radius 3 is 2.94 bits per heavy atom. The molecule has 11 heteroatoms. The standard InChI is InChI=1S/C20H26N8O3/c1-13-10-26-18(24-7-6-14-11-25-16-5-3-2-4-15(14)16)19(30)28(13)12-17(29)23-8-9-31-27-20(21)22/h2-5,10-11,25H,6-9,12H2,1H3,(H,23,29)(H,24,26)(H4,21,22,27). The molecule has 31 heavy (non-hydrogen) atoms. The van der Waals surface area contributed by atoms with Gasteiger partial charge in [0.2, 0.25) is 11.9 Å². The molecule has 0 bridgehead atoms. The third-order valence-corrected chi connectivity index (χ3v) is 4.63. The van der Waals surface area contributed by atoms with Crippen LogP contribution < -0.4 is 27.4 Å². The zero-order valence-corrected chi connectivity index (χ0v) is 17.2. The normalized spacial score (nSPS) is 10.7. The van der Waals surface area contributed by atoms with Crippen molar-refractivity contribution in [3.05, 3.63) is 58.3 Å². The summed E-state index contributed by atoms with van der Waals surface area (Å²) in [6, 6.07) is 8.04. The van der Waals surface area contributed by atoms with Crippen molar-refractivity contribution < 1.29 is 9.63 Å². The molecule has 1 aromatic carbocycles. The van der Waals surface area contributed by atoms with E-state index in [1.165, 1.54) is 4.57 Å². The molecule has 0 saturated heterocycles. The Morgan fingerprint density at radius 1 is 1.32 bits per heavy atom. The number of nitrogens with two attached hydrogens (primary N) is 1. The van der Waals surface area contributed by atoms with Gasteiger partial charge in [-0.1, -0.05) is 18.2 Å². The van der Waals surface area contributed by atoms with Gasteiger partial charge < -0.3 is 21.4 Å². The lowest BCUT2D eigenvalue weighted by atomic mass is 10.1. The Hall–Kier alpha value is -3.86. The smallest absolute Gasteiger partial charge is 0.293 e. The first-order valence-corrected chi connectivity index (χ1v) is 9.79. The maximum absolute atomic E-state index is 12.8. The molecule has 0 atom stereocenters. The second kappa shape index (κ2) is 10.3. The molecule has 164 valence electrons. The highest BCUT2D eigenvalue weighted by Gasteiger charge is 2.12. The van der Waals surface area contributed by atoms with Crippen LogP contribution in [-0.2, 0) is 22.6 Å². The maximum atomic E-state index is 12.8. The molecule has 2 aromatic heterocycles. The average molecular weight is 426 g/mol. The molecule has 0 aliphatic heterocycles. The molecule has 0 saturated carbocycles. The summed E-state index contributed by atoms with van der Waals surface area (Å²) < 4.78 is 1.37. The highest BCUT2D eigenvalue weighted by atomic mass is 16.6. The highest BCUT2D eigenvalue weighted by molar-refractivity contribution is 5.83. The molecule has 0 unspecified atom stereocenters. The zero-order chi connectivity index (χ0) is 22.2. The lowest BCUT2D eigenvalue weighted by Gasteiger charge is -2.12. The molecule has 3 rings (SSSR count). The number of aromatic nitrogens is 3. The molecular weight excluding hydrogens is 400 g/mol. The minimum Gasteiger partial charge on any atom is -0.368 e. The number of aromatic amines is 1. The number of hydrogen-bond acceptors (Lipinski definition) is 6. The fourth-order valence-electron chi connectivity index (χ4n) is 3.11. The number of nitrogens with zero attached hydrogens (tertiary/aromatic N) is 2. The monoisotopic (exact) mass is 426 g/mol. The van der Waals surface area contributed by atoms with Gasteiger partial charge in [0.25, 0.3) is 5.56 Å². The first-order chi connectivity index (χ1) is 15.0. The van der Waals surface area contributed by atoms with E-state index in [2.05, 4.69) is 32.1 Å². The van der Waals surface area contributed by atoms with Crippen LogP contribution >= 0.6 is 0 Å². The summed E-state index contributed by atoms with van der Waals surface area (Å²) in [5, 5.41) is 13.8. The lowest BCUT2D eigenvalue weighted by molar-refractivity contribution is -0.122. The number of benzene rings is 1. The van der Waals surface area contributed by atoms with Crippen LogP contribution in [0.25, 0.3) is 10.9 Å². The SMILES string of the molecule is Cc1cnc(NCCc2c[nH]c3ccccc23)c(=O)n1CC(=O)NCCONC(=N)N. The number of hydroxylamine groups is 1. The van der Waals surface area contributed by atoms with E-state index in [0.717, 1.165) is 16.5 Å². The van der Waals surface area contributed by atoms with Crippen LogP contribution in [0.5, 0.6) is 0 Å².